The van der Waals surface area contributed by atoms with E-state index >= 15 is 0 Å². The van der Waals surface area contributed by atoms with Crippen molar-refractivity contribution in [3.63, 3.8) is 0 Å². The first-order valence-electron chi connectivity index (χ1n) is 6.22. The van der Waals surface area contributed by atoms with Crippen LogP contribution < -0.4 is 4.74 Å². The molecule has 1 aromatic rings. The highest BCUT2D eigenvalue weighted by Crippen LogP contribution is 2.20. The number of likely N-dealkylation sites (tertiary alicyclic amines) is 1. The van der Waals surface area contributed by atoms with Crippen molar-refractivity contribution in [2.75, 3.05) is 19.8 Å². The first-order valence-corrected chi connectivity index (χ1v) is 6.22. The highest BCUT2D eigenvalue weighted by molar-refractivity contribution is 5.94. The monoisotopic (exact) mass is 251 g/mol. The van der Waals surface area contributed by atoms with E-state index in [0.717, 1.165) is 5.75 Å². The number of benzene rings is 1. The van der Waals surface area contributed by atoms with Crippen LogP contribution in [-0.4, -0.2) is 36.7 Å². The number of amides is 1. The average molecular weight is 251 g/mol. The van der Waals surface area contributed by atoms with Crippen molar-refractivity contribution in [1.29, 1.82) is 0 Å². The van der Waals surface area contributed by atoms with Crippen molar-refractivity contribution >= 4 is 5.91 Å². The maximum atomic E-state index is 12.3. The Balaban J connectivity index is 1.95. The molecular formula is C14H18FNO2. The Bertz CT molecular complexity index is 410. The zero-order chi connectivity index (χ0) is 13.1. The van der Waals surface area contributed by atoms with Gasteiger partial charge in [0, 0.05) is 24.6 Å². The molecular weight excluding hydrogens is 233 g/mol. The summed E-state index contributed by atoms with van der Waals surface area (Å²) in [5.41, 5.74) is 0.628. The Morgan fingerprint density at radius 1 is 1.39 bits per heavy atom. The maximum absolute atomic E-state index is 12.3. The molecule has 1 heterocycles. The number of halogens is 1. The lowest BCUT2D eigenvalue weighted by Gasteiger charge is -2.37. The maximum Gasteiger partial charge on any atom is 0.253 e. The topological polar surface area (TPSA) is 29.5 Å². The molecule has 0 N–H and O–H groups in total. The van der Waals surface area contributed by atoms with Crippen LogP contribution in [0.1, 0.15) is 24.2 Å². The predicted molar refractivity (Wildman–Crippen MR) is 67.6 cm³/mol. The van der Waals surface area contributed by atoms with E-state index in [9.17, 15) is 9.18 Å². The molecule has 0 atom stereocenters. The first kappa shape index (κ1) is 12.9. The number of hydrogen-bond acceptors (Lipinski definition) is 2. The third kappa shape index (κ3) is 2.81. The largest absolute Gasteiger partial charge is 0.491 e. The van der Waals surface area contributed by atoms with Crippen LogP contribution in [0, 0.1) is 5.92 Å². The van der Waals surface area contributed by atoms with Gasteiger partial charge in [0.05, 0.1) is 12.8 Å². The minimum absolute atomic E-state index is 0.0255. The van der Waals surface area contributed by atoms with Crippen molar-refractivity contribution in [3.05, 3.63) is 29.8 Å². The summed E-state index contributed by atoms with van der Waals surface area (Å²) in [6, 6.07) is 7.09. The zero-order valence-electron chi connectivity index (χ0n) is 10.7. The number of ether oxygens (including phenoxy) is 1. The Hall–Kier alpha value is -1.58. The Labute approximate surface area is 107 Å². The number of rotatable bonds is 4. The molecule has 1 aliphatic heterocycles. The number of hydrogen-bond donors (Lipinski definition) is 0. The molecule has 1 aliphatic rings. The molecule has 0 saturated carbocycles. The van der Waals surface area contributed by atoms with E-state index in [1.165, 1.54) is 0 Å². The summed E-state index contributed by atoms with van der Waals surface area (Å²) < 4.78 is 17.8. The fourth-order valence-corrected chi connectivity index (χ4v) is 1.96. The Kier molecular flexibility index (Phi) is 3.84. The number of alkyl halides is 1. The molecule has 1 aromatic carbocycles. The van der Waals surface area contributed by atoms with E-state index < -0.39 is 0 Å². The molecule has 0 radical (unpaired) electrons. The normalized spacial score (nSPS) is 15.7. The quantitative estimate of drug-likeness (QED) is 0.823. The van der Waals surface area contributed by atoms with Crippen LogP contribution >= 0.6 is 0 Å². The van der Waals surface area contributed by atoms with Gasteiger partial charge in [-0.05, 0) is 38.1 Å². The van der Waals surface area contributed by atoms with Gasteiger partial charge in [-0.2, -0.15) is 0 Å². The van der Waals surface area contributed by atoms with Gasteiger partial charge in [-0.25, -0.2) is 0 Å². The molecule has 1 saturated heterocycles. The highest BCUT2D eigenvalue weighted by Gasteiger charge is 2.30. The van der Waals surface area contributed by atoms with Crippen molar-refractivity contribution in [2.24, 2.45) is 5.92 Å². The van der Waals surface area contributed by atoms with Gasteiger partial charge >= 0.3 is 0 Å². The summed E-state index contributed by atoms with van der Waals surface area (Å²) in [7, 11) is 0. The second-order valence-electron chi connectivity index (χ2n) is 4.92. The van der Waals surface area contributed by atoms with E-state index in [0.29, 0.717) is 18.7 Å². The van der Waals surface area contributed by atoms with Crippen molar-refractivity contribution in [1.82, 2.24) is 4.90 Å². The molecule has 1 fully saturated rings. The van der Waals surface area contributed by atoms with E-state index in [4.69, 9.17) is 4.74 Å². The van der Waals surface area contributed by atoms with Crippen LogP contribution in [0.3, 0.4) is 0 Å². The average Bonchev–Trinajstić information content (AvgIpc) is 2.27. The van der Waals surface area contributed by atoms with Gasteiger partial charge in [0.25, 0.3) is 5.91 Å². The van der Waals surface area contributed by atoms with Gasteiger partial charge in [-0.1, -0.05) is 0 Å². The van der Waals surface area contributed by atoms with Crippen molar-refractivity contribution < 1.29 is 13.9 Å². The highest BCUT2D eigenvalue weighted by atomic mass is 19.1. The molecule has 0 spiro atoms. The van der Waals surface area contributed by atoms with Gasteiger partial charge in [-0.3, -0.25) is 9.18 Å². The summed E-state index contributed by atoms with van der Waals surface area (Å²) in [4.78, 5) is 13.7. The Morgan fingerprint density at radius 3 is 2.50 bits per heavy atom. The van der Waals surface area contributed by atoms with Crippen LogP contribution in [-0.2, 0) is 0 Å². The van der Waals surface area contributed by atoms with Crippen LogP contribution in [0.15, 0.2) is 24.3 Å². The second kappa shape index (κ2) is 5.38. The molecule has 0 unspecified atom stereocenters. The third-order valence-corrected chi connectivity index (χ3v) is 2.94. The second-order valence-corrected chi connectivity index (χ2v) is 4.92. The van der Waals surface area contributed by atoms with Gasteiger partial charge in [0.1, 0.15) is 5.75 Å². The third-order valence-electron chi connectivity index (χ3n) is 2.94. The summed E-state index contributed by atoms with van der Waals surface area (Å²) in [6.07, 6.45) is 0.118. The van der Waals surface area contributed by atoms with E-state index in [2.05, 4.69) is 0 Å². The fraction of sp³-hybridized carbons (Fsp3) is 0.500. The summed E-state index contributed by atoms with van der Waals surface area (Å²) in [5, 5.41) is 0. The van der Waals surface area contributed by atoms with Crippen LogP contribution in [0.5, 0.6) is 5.75 Å². The lowest BCUT2D eigenvalue weighted by Crippen LogP contribution is -2.50. The summed E-state index contributed by atoms with van der Waals surface area (Å²) in [6.45, 7) is 4.62. The molecule has 4 heteroatoms. The van der Waals surface area contributed by atoms with Gasteiger partial charge in [-0.15, -0.1) is 0 Å². The number of nitrogens with zero attached hydrogens (tertiary/aromatic N) is 1. The fourth-order valence-electron chi connectivity index (χ4n) is 1.96. The zero-order valence-corrected chi connectivity index (χ0v) is 10.7. The minimum atomic E-state index is -0.342. The van der Waals surface area contributed by atoms with Gasteiger partial charge < -0.3 is 9.64 Å². The molecule has 0 aromatic heterocycles. The lowest BCUT2D eigenvalue weighted by atomic mass is 10.0. The smallest absolute Gasteiger partial charge is 0.253 e. The standard InChI is InChI=1S/C14H18FNO2/c1-10(2)18-13-5-3-12(4-6-13)14(17)16-8-11(7-15)9-16/h3-6,10-11H,7-9H2,1-2H3. The molecule has 2 rings (SSSR count). The van der Waals surface area contributed by atoms with Crippen molar-refractivity contribution in [2.45, 2.75) is 20.0 Å². The van der Waals surface area contributed by atoms with Crippen LogP contribution in [0.2, 0.25) is 0 Å². The van der Waals surface area contributed by atoms with E-state index in [1.54, 1.807) is 29.2 Å². The minimum Gasteiger partial charge on any atom is -0.491 e. The molecule has 0 aliphatic carbocycles. The predicted octanol–water partition coefficient (Wildman–Crippen LogP) is 2.52. The van der Waals surface area contributed by atoms with Crippen LogP contribution in [0.4, 0.5) is 4.39 Å². The molecule has 1 amide bonds. The Morgan fingerprint density at radius 2 is 2.00 bits per heavy atom. The summed E-state index contributed by atoms with van der Waals surface area (Å²) in [5.74, 6) is 0.750. The molecule has 18 heavy (non-hydrogen) atoms. The molecule has 0 bridgehead atoms. The van der Waals surface area contributed by atoms with Gasteiger partial charge in [0.15, 0.2) is 0 Å². The summed E-state index contributed by atoms with van der Waals surface area (Å²) >= 11 is 0. The van der Waals surface area contributed by atoms with Gasteiger partial charge in [0.2, 0.25) is 0 Å². The van der Waals surface area contributed by atoms with E-state index in [1.807, 2.05) is 13.8 Å². The molecule has 98 valence electrons. The van der Waals surface area contributed by atoms with Crippen molar-refractivity contribution in [3.8, 4) is 5.75 Å². The van der Waals surface area contributed by atoms with Crippen LogP contribution in [0.25, 0.3) is 0 Å². The SMILES string of the molecule is CC(C)Oc1ccc(C(=O)N2CC(CF)C2)cc1. The van der Waals surface area contributed by atoms with E-state index in [-0.39, 0.29) is 24.6 Å². The molecule has 3 nitrogen and oxygen atoms in total. The number of carbonyl (C=O) groups excluding carboxylic acids is 1. The number of carbonyl (C=O) groups is 1. The first-order chi connectivity index (χ1) is 8.60. The lowest BCUT2D eigenvalue weighted by molar-refractivity contribution is 0.0453.